The Morgan fingerprint density at radius 1 is 1.53 bits per heavy atom. The first-order chi connectivity index (χ1) is 7.06. The zero-order chi connectivity index (χ0) is 11.4. The summed E-state index contributed by atoms with van der Waals surface area (Å²) in [5.74, 6) is -0.944. The van der Waals surface area contributed by atoms with Crippen molar-refractivity contribution in [2.75, 3.05) is 13.1 Å². The Labute approximate surface area is 89.2 Å². The van der Waals surface area contributed by atoms with E-state index < -0.39 is 12.0 Å². The van der Waals surface area contributed by atoms with E-state index in [1.165, 1.54) is 0 Å². The third-order valence-electron chi connectivity index (χ3n) is 2.88. The summed E-state index contributed by atoms with van der Waals surface area (Å²) in [6.07, 6.45) is 0.412. The van der Waals surface area contributed by atoms with Gasteiger partial charge in [-0.1, -0.05) is 13.8 Å². The third-order valence-corrected chi connectivity index (χ3v) is 2.88. The number of carboxylic acid groups (broad SMARTS) is 1. The Hall–Kier alpha value is -1.10. The molecule has 0 saturated carbocycles. The number of amides is 1. The molecule has 3 N–H and O–H groups in total. The SMILES string of the molecule is CC[C@H](NC(=O)C1CNCC1C)C(=O)O. The molecular weight excluding hydrogens is 196 g/mol. The average Bonchev–Trinajstić information content (AvgIpc) is 2.60. The molecule has 5 nitrogen and oxygen atoms in total. The molecule has 2 unspecified atom stereocenters. The molecular formula is C10H18N2O3. The maximum atomic E-state index is 11.7. The van der Waals surface area contributed by atoms with Crippen molar-refractivity contribution < 1.29 is 14.7 Å². The van der Waals surface area contributed by atoms with Crippen LogP contribution >= 0.6 is 0 Å². The van der Waals surface area contributed by atoms with E-state index in [0.717, 1.165) is 6.54 Å². The molecule has 1 heterocycles. The van der Waals surface area contributed by atoms with Gasteiger partial charge in [0.15, 0.2) is 0 Å². The number of nitrogens with one attached hydrogen (secondary N) is 2. The van der Waals surface area contributed by atoms with Gasteiger partial charge in [-0.3, -0.25) is 4.79 Å². The van der Waals surface area contributed by atoms with E-state index in [1.807, 2.05) is 6.92 Å². The predicted molar refractivity (Wildman–Crippen MR) is 55.4 cm³/mol. The molecule has 1 aliphatic heterocycles. The van der Waals surface area contributed by atoms with Crippen LogP contribution in [0.5, 0.6) is 0 Å². The maximum Gasteiger partial charge on any atom is 0.326 e. The minimum Gasteiger partial charge on any atom is -0.480 e. The summed E-state index contributed by atoms with van der Waals surface area (Å²) >= 11 is 0. The number of carbonyl (C=O) groups is 2. The molecule has 0 spiro atoms. The largest absolute Gasteiger partial charge is 0.480 e. The second-order valence-corrected chi connectivity index (χ2v) is 4.05. The van der Waals surface area contributed by atoms with Crippen LogP contribution in [-0.4, -0.2) is 36.1 Å². The van der Waals surface area contributed by atoms with Gasteiger partial charge in [0.05, 0.1) is 5.92 Å². The fourth-order valence-corrected chi connectivity index (χ4v) is 1.78. The molecule has 1 amide bonds. The predicted octanol–water partition coefficient (Wildman–Crippen LogP) is -0.179. The molecule has 0 radical (unpaired) electrons. The zero-order valence-electron chi connectivity index (χ0n) is 9.12. The van der Waals surface area contributed by atoms with E-state index in [2.05, 4.69) is 10.6 Å². The fraction of sp³-hybridized carbons (Fsp3) is 0.800. The van der Waals surface area contributed by atoms with Crippen molar-refractivity contribution in [1.29, 1.82) is 0 Å². The molecule has 15 heavy (non-hydrogen) atoms. The first-order valence-electron chi connectivity index (χ1n) is 5.30. The summed E-state index contributed by atoms with van der Waals surface area (Å²) in [6.45, 7) is 5.20. The van der Waals surface area contributed by atoms with Crippen molar-refractivity contribution in [3.63, 3.8) is 0 Å². The minimum atomic E-state index is -0.968. The van der Waals surface area contributed by atoms with Crippen molar-refractivity contribution in [2.24, 2.45) is 11.8 Å². The molecule has 86 valence electrons. The van der Waals surface area contributed by atoms with E-state index in [1.54, 1.807) is 6.92 Å². The lowest BCUT2D eigenvalue weighted by Gasteiger charge is -2.17. The Balaban J connectivity index is 2.50. The van der Waals surface area contributed by atoms with Gasteiger partial charge in [-0.25, -0.2) is 4.79 Å². The molecule has 5 heteroatoms. The molecule has 0 aromatic carbocycles. The summed E-state index contributed by atoms with van der Waals surface area (Å²) < 4.78 is 0. The average molecular weight is 214 g/mol. The lowest BCUT2D eigenvalue weighted by Crippen LogP contribution is -2.44. The first kappa shape index (κ1) is 12.0. The highest BCUT2D eigenvalue weighted by molar-refractivity contribution is 5.85. The number of hydrogen-bond donors (Lipinski definition) is 3. The highest BCUT2D eigenvalue weighted by Gasteiger charge is 2.31. The number of aliphatic carboxylic acids is 1. The van der Waals surface area contributed by atoms with Gasteiger partial charge in [-0.2, -0.15) is 0 Å². The Morgan fingerprint density at radius 3 is 2.60 bits per heavy atom. The Kier molecular flexibility index (Phi) is 4.08. The summed E-state index contributed by atoms with van der Waals surface area (Å²) in [4.78, 5) is 22.4. The molecule has 3 atom stereocenters. The zero-order valence-corrected chi connectivity index (χ0v) is 9.12. The van der Waals surface area contributed by atoms with Crippen LogP contribution in [0.15, 0.2) is 0 Å². The number of rotatable bonds is 4. The van der Waals surface area contributed by atoms with Crippen molar-refractivity contribution in [3.05, 3.63) is 0 Å². The van der Waals surface area contributed by atoms with Crippen LogP contribution in [0.3, 0.4) is 0 Å². The number of carbonyl (C=O) groups excluding carboxylic acids is 1. The van der Waals surface area contributed by atoms with Crippen LogP contribution in [0, 0.1) is 11.8 Å². The molecule has 0 aromatic heterocycles. The summed E-state index contributed by atoms with van der Waals surface area (Å²) in [5, 5.41) is 14.5. The van der Waals surface area contributed by atoms with Crippen molar-refractivity contribution in [2.45, 2.75) is 26.3 Å². The molecule has 0 bridgehead atoms. The third kappa shape index (κ3) is 2.92. The van der Waals surface area contributed by atoms with Crippen LogP contribution < -0.4 is 10.6 Å². The van der Waals surface area contributed by atoms with Gasteiger partial charge in [-0.15, -0.1) is 0 Å². The number of hydrogen-bond acceptors (Lipinski definition) is 3. The van der Waals surface area contributed by atoms with Gasteiger partial charge < -0.3 is 15.7 Å². The second-order valence-electron chi connectivity index (χ2n) is 4.05. The van der Waals surface area contributed by atoms with Gasteiger partial charge in [0.1, 0.15) is 6.04 Å². The van der Waals surface area contributed by atoms with E-state index in [0.29, 0.717) is 13.0 Å². The van der Waals surface area contributed by atoms with Crippen LogP contribution in [-0.2, 0) is 9.59 Å². The Morgan fingerprint density at radius 2 is 2.20 bits per heavy atom. The summed E-state index contributed by atoms with van der Waals surface area (Å²) in [6, 6.07) is -0.759. The molecule has 1 fully saturated rings. The molecule has 0 aliphatic carbocycles. The summed E-state index contributed by atoms with van der Waals surface area (Å²) in [7, 11) is 0. The smallest absolute Gasteiger partial charge is 0.326 e. The second kappa shape index (κ2) is 5.11. The van der Waals surface area contributed by atoms with Gasteiger partial charge in [0, 0.05) is 6.54 Å². The topological polar surface area (TPSA) is 78.4 Å². The quantitative estimate of drug-likeness (QED) is 0.606. The number of carboxylic acids is 1. The van der Waals surface area contributed by atoms with Crippen molar-refractivity contribution in [3.8, 4) is 0 Å². The molecule has 1 rings (SSSR count). The van der Waals surface area contributed by atoms with Crippen molar-refractivity contribution >= 4 is 11.9 Å². The van der Waals surface area contributed by atoms with E-state index >= 15 is 0 Å². The van der Waals surface area contributed by atoms with Gasteiger partial charge in [0.2, 0.25) is 5.91 Å². The first-order valence-corrected chi connectivity index (χ1v) is 5.30. The van der Waals surface area contributed by atoms with Gasteiger partial charge in [-0.05, 0) is 18.9 Å². The van der Waals surface area contributed by atoms with E-state index in [4.69, 9.17) is 5.11 Å². The van der Waals surface area contributed by atoms with Crippen LogP contribution in [0.4, 0.5) is 0 Å². The monoisotopic (exact) mass is 214 g/mol. The fourth-order valence-electron chi connectivity index (χ4n) is 1.78. The molecule has 1 aliphatic rings. The van der Waals surface area contributed by atoms with Crippen LogP contribution in [0.1, 0.15) is 20.3 Å². The van der Waals surface area contributed by atoms with E-state index in [9.17, 15) is 9.59 Å². The van der Waals surface area contributed by atoms with Gasteiger partial charge in [0.25, 0.3) is 0 Å². The van der Waals surface area contributed by atoms with Crippen molar-refractivity contribution in [1.82, 2.24) is 10.6 Å². The molecule has 1 saturated heterocycles. The van der Waals surface area contributed by atoms with Gasteiger partial charge >= 0.3 is 5.97 Å². The minimum absolute atomic E-state index is 0.0987. The molecule has 0 aromatic rings. The van der Waals surface area contributed by atoms with E-state index in [-0.39, 0.29) is 17.7 Å². The standard InChI is InChI=1S/C10H18N2O3/c1-3-8(10(14)15)12-9(13)7-5-11-4-6(7)2/h6-8,11H,3-5H2,1-2H3,(H,12,13)(H,14,15)/t6?,7?,8-/m0/s1. The van der Waals surface area contributed by atoms with Crippen LogP contribution in [0.25, 0.3) is 0 Å². The highest BCUT2D eigenvalue weighted by atomic mass is 16.4. The Bertz CT molecular complexity index is 255. The normalized spacial score (nSPS) is 27.3. The lowest BCUT2D eigenvalue weighted by atomic mass is 9.97. The summed E-state index contributed by atoms with van der Waals surface area (Å²) in [5.41, 5.74) is 0. The lowest BCUT2D eigenvalue weighted by molar-refractivity contribution is -0.142. The van der Waals surface area contributed by atoms with Crippen LogP contribution in [0.2, 0.25) is 0 Å². The highest BCUT2D eigenvalue weighted by Crippen LogP contribution is 2.16. The maximum absolute atomic E-state index is 11.7.